The number of phenols is 1. The van der Waals surface area contributed by atoms with Gasteiger partial charge in [-0.3, -0.25) is 4.79 Å². The summed E-state index contributed by atoms with van der Waals surface area (Å²) >= 11 is 0. The molecule has 0 spiro atoms. The Hall–Kier alpha value is -2.58. The fourth-order valence-electron chi connectivity index (χ4n) is 6.71. The van der Waals surface area contributed by atoms with Crippen LogP contribution in [0.4, 0.5) is 4.79 Å². The first-order valence-corrected chi connectivity index (χ1v) is 16.2. The number of carbonyl (C=O) groups is 2. The highest BCUT2D eigenvalue weighted by molar-refractivity contribution is 6.77. The third-order valence-electron chi connectivity index (χ3n) is 8.25. The number of ketones is 1. The molecule has 2 N–H and O–H groups in total. The fourth-order valence-corrected chi connectivity index (χ4v) is 12.2. The number of hydrogen-bond acceptors (Lipinski definition) is 6. The number of hydrogen-bond donors (Lipinski definition) is 2. The molecule has 1 aromatic rings. The lowest BCUT2D eigenvalue weighted by Crippen LogP contribution is -2.50. The number of benzene rings is 1. The van der Waals surface area contributed by atoms with Gasteiger partial charge >= 0.3 is 6.09 Å². The number of fused-ring (bicyclic) bond motifs is 3. The summed E-state index contributed by atoms with van der Waals surface area (Å²) in [5.74, 6) is 0.355. The van der Waals surface area contributed by atoms with Crippen LogP contribution in [-0.4, -0.2) is 44.6 Å². The third-order valence-corrected chi connectivity index (χ3v) is 14.4. The SMILES string of the molecule is COc1cc2c(cc1O)[C@@H](O[Si](C(C)C)(C(C)C)C(C)C)CC1=CC(=O)C=C[C@@]12CCNC(=O)OC(C)(C)C. The summed E-state index contributed by atoms with van der Waals surface area (Å²) < 4.78 is 18.2. The fraction of sp³-hybridized carbons (Fsp3) is 0.613. The van der Waals surface area contributed by atoms with Gasteiger partial charge in [-0.15, -0.1) is 0 Å². The maximum atomic E-state index is 12.7. The van der Waals surface area contributed by atoms with Crippen molar-refractivity contribution in [2.75, 3.05) is 13.7 Å². The number of aromatic hydroxyl groups is 1. The lowest BCUT2D eigenvalue weighted by molar-refractivity contribution is -0.110. The maximum Gasteiger partial charge on any atom is 0.407 e. The van der Waals surface area contributed by atoms with Crippen LogP contribution in [0.15, 0.2) is 35.9 Å². The first kappa shape index (κ1) is 31.0. The molecule has 0 saturated heterocycles. The van der Waals surface area contributed by atoms with E-state index in [1.54, 1.807) is 18.2 Å². The Morgan fingerprint density at radius 2 is 1.74 bits per heavy atom. The molecule has 3 rings (SSSR count). The van der Waals surface area contributed by atoms with Crippen LogP contribution in [0.3, 0.4) is 0 Å². The summed E-state index contributed by atoms with van der Waals surface area (Å²) in [6.45, 7) is 19.3. The monoisotopic (exact) mass is 557 g/mol. The van der Waals surface area contributed by atoms with Crippen LogP contribution in [0.25, 0.3) is 0 Å². The van der Waals surface area contributed by atoms with E-state index in [0.29, 0.717) is 41.8 Å². The molecule has 0 heterocycles. The topological polar surface area (TPSA) is 94.1 Å². The summed E-state index contributed by atoms with van der Waals surface area (Å²) in [6.07, 6.45) is 5.49. The first-order valence-electron chi connectivity index (χ1n) is 14.1. The van der Waals surface area contributed by atoms with E-state index in [-0.39, 0.29) is 17.6 Å². The molecule has 0 radical (unpaired) electrons. The molecule has 0 bridgehead atoms. The van der Waals surface area contributed by atoms with E-state index in [0.717, 1.165) is 16.7 Å². The molecule has 0 saturated carbocycles. The number of alkyl carbamates (subject to hydrolysis) is 1. The van der Waals surface area contributed by atoms with E-state index >= 15 is 0 Å². The number of phenolic OH excluding ortho intramolecular Hbond substituents is 1. The minimum Gasteiger partial charge on any atom is -0.504 e. The molecule has 2 aliphatic rings. The predicted molar refractivity (Wildman–Crippen MR) is 157 cm³/mol. The number of amides is 1. The lowest BCUT2D eigenvalue weighted by Gasteiger charge is -2.49. The molecule has 8 heteroatoms. The second-order valence-corrected chi connectivity index (χ2v) is 18.2. The van der Waals surface area contributed by atoms with Crippen molar-refractivity contribution < 1.29 is 28.6 Å². The van der Waals surface area contributed by atoms with E-state index in [1.165, 1.54) is 7.11 Å². The van der Waals surface area contributed by atoms with Crippen LogP contribution in [0, 0.1) is 0 Å². The molecule has 0 unspecified atom stereocenters. The van der Waals surface area contributed by atoms with E-state index in [2.05, 4.69) is 46.9 Å². The zero-order valence-electron chi connectivity index (χ0n) is 25.3. The largest absolute Gasteiger partial charge is 0.504 e. The Labute approximate surface area is 235 Å². The summed E-state index contributed by atoms with van der Waals surface area (Å²) in [6, 6.07) is 3.63. The van der Waals surface area contributed by atoms with Gasteiger partial charge in [0.15, 0.2) is 17.3 Å². The Morgan fingerprint density at radius 1 is 1.13 bits per heavy atom. The number of rotatable bonds is 9. The highest BCUT2D eigenvalue weighted by atomic mass is 28.4. The first-order chi connectivity index (χ1) is 18.1. The van der Waals surface area contributed by atoms with Crippen molar-refractivity contribution in [1.82, 2.24) is 5.32 Å². The van der Waals surface area contributed by atoms with Crippen LogP contribution >= 0.6 is 0 Å². The molecular weight excluding hydrogens is 510 g/mol. The molecule has 2 aliphatic carbocycles. The molecule has 39 heavy (non-hydrogen) atoms. The third kappa shape index (κ3) is 6.12. The number of methoxy groups -OCH3 is 1. The van der Waals surface area contributed by atoms with E-state index < -0.39 is 25.4 Å². The molecule has 7 nitrogen and oxygen atoms in total. The van der Waals surface area contributed by atoms with Gasteiger partial charge in [0.2, 0.25) is 8.32 Å². The predicted octanol–water partition coefficient (Wildman–Crippen LogP) is 7.26. The van der Waals surface area contributed by atoms with Gasteiger partial charge in [0.05, 0.1) is 13.2 Å². The van der Waals surface area contributed by atoms with Crippen molar-refractivity contribution in [1.29, 1.82) is 0 Å². The smallest absolute Gasteiger partial charge is 0.407 e. The molecular formula is C31H47NO6Si. The molecule has 0 aliphatic heterocycles. The number of ether oxygens (including phenoxy) is 2. The lowest BCUT2D eigenvalue weighted by atomic mass is 9.62. The molecule has 2 atom stereocenters. The van der Waals surface area contributed by atoms with Crippen LogP contribution in [-0.2, 0) is 19.4 Å². The Kier molecular flexibility index (Phi) is 9.12. The van der Waals surface area contributed by atoms with Gasteiger partial charge in [0, 0.05) is 12.0 Å². The standard InChI is InChI=1S/C31H47NO6Si/c1-19(2)39(20(3)4,21(5)6)38-27-16-22-15-23(33)11-12-31(22,13-14-32-29(35)37-30(7,8)9)25-18-28(36-10)26(34)17-24(25)27/h11-12,15,17-21,27,34H,13-14,16H2,1-10H3,(H,32,35)/t27-,31+/m0/s1. The van der Waals surface area contributed by atoms with Gasteiger partial charge in [0.1, 0.15) is 5.60 Å². The van der Waals surface area contributed by atoms with Crippen LogP contribution in [0.5, 0.6) is 11.5 Å². The van der Waals surface area contributed by atoms with Crippen molar-refractivity contribution >= 4 is 20.2 Å². The van der Waals surface area contributed by atoms with Crippen molar-refractivity contribution in [2.45, 2.75) is 109 Å². The zero-order chi connectivity index (χ0) is 29.3. The number of allylic oxidation sites excluding steroid dienone is 3. The Morgan fingerprint density at radius 3 is 2.28 bits per heavy atom. The highest BCUT2D eigenvalue weighted by Gasteiger charge is 2.50. The van der Waals surface area contributed by atoms with Crippen LogP contribution in [0.1, 0.15) is 92.4 Å². The summed E-state index contributed by atoms with van der Waals surface area (Å²) in [5.41, 5.74) is 2.64. The van der Waals surface area contributed by atoms with Crippen molar-refractivity contribution in [3.8, 4) is 11.5 Å². The number of nitrogens with one attached hydrogen (secondary N) is 1. The average molecular weight is 558 g/mol. The zero-order valence-corrected chi connectivity index (χ0v) is 26.3. The molecule has 1 aromatic carbocycles. The van der Waals surface area contributed by atoms with Gasteiger partial charge in [0.25, 0.3) is 0 Å². The Bertz CT molecular complexity index is 1120. The van der Waals surface area contributed by atoms with Crippen LogP contribution < -0.4 is 10.1 Å². The van der Waals surface area contributed by atoms with Gasteiger partial charge in [-0.1, -0.05) is 47.6 Å². The van der Waals surface area contributed by atoms with Gasteiger partial charge in [-0.2, -0.15) is 0 Å². The van der Waals surface area contributed by atoms with Crippen molar-refractivity contribution in [3.63, 3.8) is 0 Å². The second kappa shape index (κ2) is 11.5. The van der Waals surface area contributed by atoms with E-state index in [9.17, 15) is 14.7 Å². The van der Waals surface area contributed by atoms with Gasteiger partial charge in [-0.25, -0.2) is 4.79 Å². The van der Waals surface area contributed by atoms with Crippen molar-refractivity contribution in [2.24, 2.45) is 0 Å². The Balaban J connectivity index is 2.12. The van der Waals surface area contributed by atoms with Crippen LogP contribution in [0.2, 0.25) is 16.6 Å². The number of carbonyl (C=O) groups excluding carboxylic acids is 2. The normalized spacial score (nSPS) is 21.1. The van der Waals surface area contributed by atoms with Crippen molar-refractivity contribution in [3.05, 3.63) is 47.1 Å². The molecule has 0 aromatic heterocycles. The molecule has 1 amide bonds. The molecule has 216 valence electrons. The maximum absolute atomic E-state index is 12.7. The second-order valence-electron chi connectivity index (χ2n) is 12.8. The summed E-state index contributed by atoms with van der Waals surface area (Å²) in [7, 11) is -0.772. The van der Waals surface area contributed by atoms with E-state index in [1.807, 2.05) is 32.9 Å². The average Bonchev–Trinajstić information content (AvgIpc) is 2.80. The van der Waals surface area contributed by atoms with Gasteiger partial charge in [-0.05, 0) is 91.2 Å². The summed E-state index contributed by atoms with van der Waals surface area (Å²) in [4.78, 5) is 25.1. The quantitative estimate of drug-likeness (QED) is 0.311. The van der Waals surface area contributed by atoms with Gasteiger partial charge < -0.3 is 24.3 Å². The molecule has 0 fully saturated rings. The summed E-state index contributed by atoms with van der Waals surface area (Å²) in [5, 5.41) is 13.7. The van der Waals surface area contributed by atoms with E-state index in [4.69, 9.17) is 13.9 Å². The minimum absolute atomic E-state index is 0.0566. The minimum atomic E-state index is -2.30. The highest BCUT2D eigenvalue weighted by Crippen LogP contribution is 2.55.